The molecule has 0 fully saturated rings. The fourth-order valence-corrected chi connectivity index (χ4v) is 1.62. The zero-order valence-corrected chi connectivity index (χ0v) is 12.0. The highest BCUT2D eigenvalue weighted by molar-refractivity contribution is 6.31. The van der Waals surface area contributed by atoms with Gasteiger partial charge in [-0.3, -0.25) is 0 Å². The minimum Gasteiger partial charge on any atom is -0.417 e. The molecule has 0 saturated heterocycles. The van der Waals surface area contributed by atoms with Crippen molar-refractivity contribution in [1.82, 2.24) is 10.3 Å². The van der Waals surface area contributed by atoms with Gasteiger partial charge < -0.3 is 14.5 Å². The lowest BCUT2D eigenvalue weighted by molar-refractivity contribution is 0.330. The number of rotatable bonds is 5. The maximum absolute atomic E-state index is 5.96. The molecule has 0 unspecified atom stereocenters. The Labute approximate surface area is 117 Å². The van der Waals surface area contributed by atoms with E-state index in [9.17, 15) is 0 Å². The summed E-state index contributed by atoms with van der Waals surface area (Å²) >= 11 is 5.96. The van der Waals surface area contributed by atoms with Gasteiger partial charge in [-0.2, -0.15) is 4.98 Å². The average molecular weight is 281 g/mol. The normalized spacial score (nSPS) is 11.0. The maximum atomic E-state index is 5.96. The van der Waals surface area contributed by atoms with Crippen LogP contribution in [0.15, 0.2) is 28.9 Å². The van der Waals surface area contributed by atoms with Crippen molar-refractivity contribution in [3.05, 3.63) is 40.7 Å². The standard InChI is InChI=1S/C14H17ClN2O2/c1-9(2)16-7-11-8-18-14(17-11)19-12-4-5-13(15)10(3)6-12/h4-6,8-9,16H,7H2,1-3H3. The molecule has 1 heterocycles. The van der Waals surface area contributed by atoms with E-state index in [0.29, 0.717) is 23.4 Å². The number of hydrogen-bond donors (Lipinski definition) is 1. The monoisotopic (exact) mass is 280 g/mol. The van der Waals surface area contributed by atoms with Crippen molar-refractivity contribution < 1.29 is 9.15 Å². The molecule has 0 radical (unpaired) electrons. The minimum absolute atomic E-state index is 0.238. The summed E-state index contributed by atoms with van der Waals surface area (Å²) in [6.07, 6.45) is 1.83. The number of nitrogens with one attached hydrogen (secondary N) is 1. The molecule has 0 aliphatic carbocycles. The summed E-state index contributed by atoms with van der Waals surface area (Å²) in [4.78, 5) is 4.25. The van der Waals surface area contributed by atoms with Gasteiger partial charge >= 0.3 is 6.08 Å². The molecule has 2 rings (SSSR count). The van der Waals surface area contributed by atoms with E-state index in [2.05, 4.69) is 24.1 Å². The van der Waals surface area contributed by atoms with Crippen LogP contribution in [0, 0.1) is 6.92 Å². The second kappa shape index (κ2) is 6.08. The van der Waals surface area contributed by atoms with E-state index >= 15 is 0 Å². The topological polar surface area (TPSA) is 47.3 Å². The minimum atomic E-state index is 0.238. The van der Waals surface area contributed by atoms with Gasteiger partial charge in [0.15, 0.2) is 0 Å². The Morgan fingerprint density at radius 2 is 2.21 bits per heavy atom. The second-order valence-corrected chi connectivity index (χ2v) is 5.06. The molecule has 0 aliphatic rings. The Kier molecular flexibility index (Phi) is 4.45. The second-order valence-electron chi connectivity index (χ2n) is 4.65. The fraction of sp³-hybridized carbons (Fsp3) is 0.357. The first-order valence-corrected chi connectivity index (χ1v) is 6.54. The third kappa shape index (κ3) is 3.98. The average Bonchev–Trinajstić information content (AvgIpc) is 2.79. The van der Waals surface area contributed by atoms with E-state index in [1.165, 1.54) is 0 Å². The van der Waals surface area contributed by atoms with Gasteiger partial charge in [-0.15, -0.1) is 0 Å². The summed E-state index contributed by atoms with van der Waals surface area (Å²) in [5.41, 5.74) is 1.77. The van der Waals surface area contributed by atoms with Gasteiger partial charge in [-0.1, -0.05) is 25.4 Å². The lowest BCUT2D eigenvalue weighted by atomic mass is 10.2. The van der Waals surface area contributed by atoms with E-state index < -0.39 is 0 Å². The van der Waals surface area contributed by atoms with Crippen molar-refractivity contribution in [2.24, 2.45) is 0 Å². The molecule has 1 aromatic heterocycles. The SMILES string of the molecule is Cc1cc(Oc2nc(CNC(C)C)co2)ccc1Cl. The fourth-order valence-electron chi connectivity index (χ4n) is 1.51. The molecule has 102 valence electrons. The van der Waals surface area contributed by atoms with Gasteiger partial charge in [0.05, 0.1) is 5.69 Å². The van der Waals surface area contributed by atoms with Crippen molar-refractivity contribution in [3.63, 3.8) is 0 Å². The van der Waals surface area contributed by atoms with Gasteiger partial charge in [0.2, 0.25) is 0 Å². The Balaban J connectivity index is 2.01. The van der Waals surface area contributed by atoms with Crippen molar-refractivity contribution in [1.29, 1.82) is 0 Å². The zero-order valence-electron chi connectivity index (χ0n) is 11.2. The van der Waals surface area contributed by atoms with E-state index in [1.807, 2.05) is 13.0 Å². The Bertz CT molecular complexity index is 552. The third-order valence-electron chi connectivity index (χ3n) is 2.56. The van der Waals surface area contributed by atoms with Gasteiger partial charge in [0, 0.05) is 17.6 Å². The summed E-state index contributed by atoms with van der Waals surface area (Å²) in [6, 6.07) is 5.82. The van der Waals surface area contributed by atoms with Gasteiger partial charge in [-0.05, 0) is 30.7 Å². The summed E-state index contributed by atoms with van der Waals surface area (Å²) in [6.45, 7) is 6.73. The number of halogens is 1. The molecule has 0 saturated carbocycles. The summed E-state index contributed by atoms with van der Waals surface area (Å²) in [5, 5.41) is 3.97. The van der Waals surface area contributed by atoms with Crippen LogP contribution in [0.5, 0.6) is 11.8 Å². The molecule has 0 spiro atoms. The molecular weight excluding hydrogens is 264 g/mol. The predicted octanol–water partition coefficient (Wildman–Crippen LogP) is 3.93. The molecule has 5 heteroatoms. The van der Waals surface area contributed by atoms with Crippen LogP contribution in [0.25, 0.3) is 0 Å². The molecule has 0 atom stereocenters. The first kappa shape index (κ1) is 13.9. The van der Waals surface area contributed by atoms with Gasteiger partial charge in [0.1, 0.15) is 12.0 Å². The van der Waals surface area contributed by atoms with Crippen molar-refractivity contribution in [3.8, 4) is 11.8 Å². The molecule has 4 nitrogen and oxygen atoms in total. The molecule has 2 aromatic rings. The van der Waals surface area contributed by atoms with Crippen LogP contribution in [0.1, 0.15) is 25.1 Å². The summed E-state index contributed by atoms with van der Waals surface area (Å²) in [7, 11) is 0. The highest BCUT2D eigenvalue weighted by atomic mass is 35.5. The van der Waals surface area contributed by atoms with Crippen molar-refractivity contribution >= 4 is 11.6 Å². The first-order chi connectivity index (χ1) is 9.04. The van der Waals surface area contributed by atoms with E-state index in [-0.39, 0.29) is 6.08 Å². The quantitative estimate of drug-likeness (QED) is 0.901. The van der Waals surface area contributed by atoms with Crippen LogP contribution in [0.4, 0.5) is 0 Å². The zero-order chi connectivity index (χ0) is 13.8. The molecular formula is C14H17ClN2O2. The van der Waals surface area contributed by atoms with E-state index in [0.717, 1.165) is 11.3 Å². The lowest BCUT2D eigenvalue weighted by Crippen LogP contribution is -2.21. The molecule has 0 amide bonds. The van der Waals surface area contributed by atoms with Crippen molar-refractivity contribution in [2.45, 2.75) is 33.4 Å². The number of aromatic nitrogens is 1. The van der Waals surface area contributed by atoms with Crippen LogP contribution < -0.4 is 10.1 Å². The molecule has 1 aromatic carbocycles. The van der Waals surface area contributed by atoms with Crippen LogP contribution >= 0.6 is 11.6 Å². The van der Waals surface area contributed by atoms with Crippen LogP contribution in [0.3, 0.4) is 0 Å². The van der Waals surface area contributed by atoms with E-state index in [4.69, 9.17) is 20.8 Å². The third-order valence-corrected chi connectivity index (χ3v) is 2.98. The molecule has 0 bridgehead atoms. The molecule has 0 aliphatic heterocycles. The summed E-state index contributed by atoms with van der Waals surface area (Å²) in [5.74, 6) is 0.659. The first-order valence-electron chi connectivity index (χ1n) is 6.16. The highest BCUT2D eigenvalue weighted by Gasteiger charge is 2.07. The van der Waals surface area contributed by atoms with Crippen LogP contribution in [-0.2, 0) is 6.54 Å². The van der Waals surface area contributed by atoms with Gasteiger partial charge in [0.25, 0.3) is 0 Å². The van der Waals surface area contributed by atoms with Crippen molar-refractivity contribution in [2.75, 3.05) is 0 Å². The molecule has 1 N–H and O–H groups in total. The summed E-state index contributed by atoms with van der Waals surface area (Å²) < 4.78 is 10.8. The Morgan fingerprint density at radius 1 is 1.42 bits per heavy atom. The molecule has 19 heavy (non-hydrogen) atoms. The Hall–Kier alpha value is -1.52. The van der Waals surface area contributed by atoms with Gasteiger partial charge in [-0.25, -0.2) is 0 Å². The number of hydrogen-bond acceptors (Lipinski definition) is 4. The van der Waals surface area contributed by atoms with E-state index in [1.54, 1.807) is 18.4 Å². The number of ether oxygens (including phenoxy) is 1. The number of nitrogens with zero attached hydrogens (tertiary/aromatic N) is 1. The highest BCUT2D eigenvalue weighted by Crippen LogP contribution is 2.25. The number of aryl methyl sites for hydroxylation is 1. The maximum Gasteiger partial charge on any atom is 0.399 e. The number of oxazole rings is 1. The number of benzene rings is 1. The Morgan fingerprint density at radius 3 is 2.89 bits per heavy atom. The van der Waals surface area contributed by atoms with Crippen LogP contribution in [-0.4, -0.2) is 11.0 Å². The van der Waals surface area contributed by atoms with Crippen LogP contribution in [0.2, 0.25) is 5.02 Å². The lowest BCUT2D eigenvalue weighted by Gasteiger charge is -2.04. The smallest absolute Gasteiger partial charge is 0.399 e. The predicted molar refractivity (Wildman–Crippen MR) is 74.7 cm³/mol. The largest absolute Gasteiger partial charge is 0.417 e.